The largest absolute Gasteiger partial charge is 0.497 e. The maximum absolute atomic E-state index is 9.68. The Kier molecular flexibility index (Phi) is 4.64. The minimum atomic E-state index is 0.606. The molecule has 4 heteroatoms. The van der Waals surface area contributed by atoms with Crippen molar-refractivity contribution in [2.45, 2.75) is 19.9 Å². The Morgan fingerprint density at radius 2 is 1.88 bits per heavy atom. The van der Waals surface area contributed by atoms with Crippen molar-refractivity contribution in [3.8, 4) is 23.7 Å². The summed E-state index contributed by atoms with van der Waals surface area (Å²) in [5.41, 5.74) is 9.60. The Labute approximate surface area is 147 Å². The summed E-state index contributed by atoms with van der Waals surface area (Å²) in [6.07, 6.45) is 0.947. The number of aromatic nitrogens is 1. The number of nitrogens with zero attached hydrogens (tertiary/aromatic N) is 2. The zero-order valence-corrected chi connectivity index (χ0v) is 14.3. The maximum Gasteiger partial charge on any atom is 0.120 e. The van der Waals surface area contributed by atoms with Crippen LogP contribution in [0.25, 0.3) is 10.9 Å². The molecule has 2 N–H and O–H groups in total. The number of anilines is 1. The molecule has 1 heterocycles. The van der Waals surface area contributed by atoms with Crippen molar-refractivity contribution >= 4 is 16.6 Å². The minimum Gasteiger partial charge on any atom is -0.497 e. The van der Waals surface area contributed by atoms with Crippen LogP contribution in [0, 0.1) is 23.2 Å². The molecule has 0 spiro atoms. The lowest BCUT2D eigenvalue weighted by Crippen LogP contribution is -2.00. The van der Waals surface area contributed by atoms with Gasteiger partial charge >= 0.3 is 0 Å². The third-order valence-corrected chi connectivity index (χ3v) is 4.07. The number of methoxy groups -OCH3 is 1. The lowest BCUT2D eigenvalue weighted by molar-refractivity contribution is 0.415. The first-order valence-corrected chi connectivity index (χ1v) is 8.15. The van der Waals surface area contributed by atoms with E-state index >= 15 is 0 Å². The predicted octanol–water partition coefficient (Wildman–Crippen LogP) is 3.91. The Morgan fingerprint density at radius 3 is 2.52 bits per heavy atom. The predicted molar refractivity (Wildman–Crippen MR) is 100 cm³/mol. The highest BCUT2D eigenvalue weighted by atomic mass is 16.5. The van der Waals surface area contributed by atoms with Gasteiger partial charge in [-0.25, -0.2) is 0 Å². The van der Waals surface area contributed by atoms with Gasteiger partial charge in [-0.15, -0.1) is 0 Å². The van der Waals surface area contributed by atoms with Crippen molar-refractivity contribution < 1.29 is 4.74 Å². The molecule has 0 fully saturated rings. The minimum absolute atomic E-state index is 0.606. The monoisotopic (exact) mass is 329 g/mol. The number of ether oxygens (including phenoxy) is 1. The molecule has 4 nitrogen and oxygen atoms in total. The Hall–Kier alpha value is -3.37. The zero-order chi connectivity index (χ0) is 17.8. The summed E-state index contributed by atoms with van der Waals surface area (Å²) in [5.74, 6) is 7.10. The van der Waals surface area contributed by atoms with E-state index < -0.39 is 0 Å². The molecule has 2 aromatic carbocycles. The number of rotatable bonds is 3. The van der Waals surface area contributed by atoms with Gasteiger partial charge in [0.15, 0.2) is 0 Å². The van der Waals surface area contributed by atoms with Crippen LogP contribution in [0.5, 0.6) is 5.75 Å². The van der Waals surface area contributed by atoms with Crippen LogP contribution in [0.4, 0.5) is 5.69 Å². The SMILES string of the molecule is CCCn1c(C#Cc2ccc(N)cc2)c(C#N)c2ccc(OC)cc21. The number of fused-ring (bicyclic) bond motifs is 1. The molecule has 0 aliphatic carbocycles. The summed E-state index contributed by atoms with van der Waals surface area (Å²) in [6, 6.07) is 15.5. The molecular weight excluding hydrogens is 310 g/mol. The smallest absolute Gasteiger partial charge is 0.120 e. The Bertz CT molecular complexity index is 1010. The van der Waals surface area contributed by atoms with Crippen LogP contribution in [0.15, 0.2) is 42.5 Å². The van der Waals surface area contributed by atoms with Gasteiger partial charge < -0.3 is 15.0 Å². The van der Waals surface area contributed by atoms with Gasteiger partial charge in [-0.05, 0) is 48.7 Å². The molecule has 0 aliphatic rings. The van der Waals surface area contributed by atoms with Gasteiger partial charge in [0.25, 0.3) is 0 Å². The van der Waals surface area contributed by atoms with Gasteiger partial charge in [0.05, 0.1) is 18.2 Å². The van der Waals surface area contributed by atoms with Gasteiger partial charge in [-0.3, -0.25) is 0 Å². The third kappa shape index (κ3) is 3.16. The number of hydrogen-bond donors (Lipinski definition) is 1. The van der Waals surface area contributed by atoms with Crippen LogP contribution in [0.1, 0.15) is 30.2 Å². The summed E-state index contributed by atoms with van der Waals surface area (Å²) in [7, 11) is 1.64. The van der Waals surface area contributed by atoms with Gasteiger partial charge in [0.2, 0.25) is 0 Å². The van der Waals surface area contributed by atoms with E-state index in [2.05, 4.69) is 29.4 Å². The van der Waals surface area contributed by atoms with Crippen molar-refractivity contribution in [1.29, 1.82) is 5.26 Å². The topological polar surface area (TPSA) is 64.0 Å². The van der Waals surface area contributed by atoms with Crippen LogP contribution in [-0.2, 0) is 6.54 Å². The Morgan fingerprint density at radius 1 is 1.12 bits per heavy atom. The molecule has 0 aliphatic heterocycles. The fourth-order valence-corrected chi connectivity index (χ4v) is 2.85. The van der Waals surface area contributed by atoms with Crippen molar-refractivity contribution in [3.05, 3.63) is 59.3 Å². The molecule has 0 atom stereocenters. The van der Waals surface area contributed by atoms with Crippen molar-refractivity contribution in [2.75, 3.05) is 12.8 Å². The van der Waals surface area contributed by atoms with E-state index in [0.717, 1.165) is 40.9 Å². The summed E-state index contributed by atoms with van der Waals surface area (Å²) in [5, 5.41) is 10.6. The Balaban J connectivity index is 2.21. The molecule has 0 bridgehead atoms. The molecule has 0 radical (unpaired) electrons. The van der Waals surface area contributed by atoms with Crippen LogP contribution >= 0.6 is 0 Å². The van der Waals surface area contributed by atoms with Crippen LogP contribution < -0.4 is 10.5 Å². The van der Waals surface area contributed by atoms with E-state index in [1.807, 2.05) is 42.5 Å². The molecule has 0 unspecified atom stereocenters. The molecule has 0 amide bonds. The standard InChI is InChI=1S/C21H19N3O/c1-3-12-24-20(11-6-15-4-7-16(23)8-5-15)19(14-22)18-10-9-17(25-2)13-21(18)24/h4-5,7-10,13H,3,12,23H2,1-2H3. The molecule has 1 aromatic heterocycles. The molecule has 0 saturated heterocycles. The van der Waals surface area contributed by atoms with Gasteiger partial charge in [0.1, 0.15) is 17.5 Å². The lowest BCUT2D eigenvalue weighted by Gasteiger charge is -2.06. The van der Waals surface area contributed by atoms with E-state index in [9.17, 15) is 5.26 Å². The summed E-state index contributed by atoms with van der Waals surface area (Å²) in [4.78, 5) is 0. The van der Waals surface area contributed by atoms with Crippen LogP contribution in [0.2, 0.25) is 0 Å². The fourth-order valence-electron chi connectivity index (χ4n) is 2.85. The highest BCUT2D eigenvalue weighted by Gasteiger charge is 2.16. The highest BCUT2D eigenvalue weighted by molar-refractivity contribution is 5.90. The van der Waals surface area contributed by atoms with Crippen LogP contribution in [0.3, 0.4) is 0 Å². The van der Waals surface area contributed by atoms with E-state index in [-0.39, 0.29) is 0 Å². The van der Waals surface area contributed by atoms with E-state index in [4.69, 9.17) is 10.5 Å². The lowest BCUT2D eigenvalue weighted by atomic mass is 10.1. The zero-order valence-electron chi connectivity index (χ0n) is 14.3. The second kappa shape index (κ2) is 7.03. The molecule has 3 aromatic rings. The average molecular weight is 329 g/mol. The third-order valence-electron chi connectivity index (χ3n) is 4.07. The van der Waals surface area contributed by atoms with E-state index in [0.29, 0.717) is 11.3 Å². The molecule has 0 saturated carbocycles. The van der Waals surface area contributed by atoms with Crippen molar-refractivity contribution in [3.63, 3.8) is 0 Å². The molecular formula is C21H19N3O. The summed E-state index contributed by atoms with van der Waals surface area (Å²) >= 11 is 0. The maximum atomic E-state index is 9.68. The number of benzene rings is 2. The van der Waals surface area contributed by atoms with Gasteiger partial charge in [0, 0.05) is 29.2 Å². The quantitative estimate of drug-likeness (QED) is 0.585. The van der Waals surface area contributed by atoms with E-state index in [1.165, 1.54) is 0 Å². The second-order valence-electron chi connectivity index (χ2n) is 5.74. The average Bonchev–Trinajstić information content (AvgIpc) is 2.93. The first-order valence-electron chi connectivity index (χ1n) is 8.15. The first-order chi connectivity index (χ1) is 12.2. The fraction of sp³-hybridized carbons (Fsp3) is 0.190. The second-order valence-corrected chi connectivity index (χ2v) is 5.74. The number of aryl methyl sites for hydroxylation is 1. The highest BCUT2D eigenvalue weighted by Crippen LogP contribution is 2.29. The normalized spacial score (nSPS) is 10.1. The molecule has 25 heavy (non-hydrogen) atoms. The van der Waals surface area contributed by atoms with Gasteiger partial charge in [-0.2, -0.15) is 5.26 Å². The summed E-state index contributed by atoms with van der Waals surface area (Å²) in [6.45, 7) is 2.90. The molecule has 124 valence electrons. The molecule has 3 rings (SSSR count). The number of nitrogens with two attached hydrogens (primary N) is 1. The van der Waals surface area contributed by atoms with Crippen molar-refractivity contribution in [1.82, 2.24) is 4.57 Å². The van der Waals surface area contributed by atoms with Crippen LogP contribution in [-0.4, -0.2) is 11.7 Å². The van der Waals surface area contributed by atoms with Crippen molar-refractivity contribution in [2.24, 2.45) is 0 Å². The number of nitriles is 1. The number of hydrogen-bond acceptors (Lipinski definition) is 3. The summed E-state index contributed by atoms with van der Waals surface area (Å²) < 4.78 is 7.43. The number of nitrogen functional groups attached to an aromatic ring is 1. The van der Waals surface area contributed by atoms with E-state index in [1.54, 1.807) is 7.11 Å². The first kappa shape index (κ1) is 16.5. The van der Waals surface area contributed by atoms with Gasteiger partial charge in [-0.1, -0.05) is 12.8 Å².